The molecule has 0 aromatic carbocycles. The predicted molar refractivity (Wildman–Crippen MR) is 63.3 cm³/mol. The highest BCUT2D eigenvalue weighted by Crippen LogP contribution is 2.34. The minimum Gasteiger partial charge on any atom is -0.503 e. The molecule has 0 bridgehead atoms. The van der Waals surface area contributed by atoms with Gasteiger partial charge in [0.15, 0.2) is 5.75 Å². The van der Waals surface area contributed by atoms with E-state index in [-0.39, 0.29) is 17.5 Å². The Balaban J connectivity index is 3.08. The molecule has 17 heavy (non-hydrogen) atoms. The van der Waals surface area contributed by atoms with E-state index >= 15 is 0 Å². The van der Waals surface area contributed by atoms with Gasteiger partial charge in [-0.3, -0.25) is 0 Å². The SMILES string of the molecule is CC(C)n1cc(C(=O)OC(C)(C)C)c(O)c1O. The van der Waals surface area contributed by atoms with Crippen molar-refractivity contribution in [1.82, 2.24) is 4.57 Å². The van der Waals surface area contributed by atoms with E-state index in [0.29, 0.717) is 0 Å². The molecule has 96 valence electrons. The van der Waals surface area contributed by atoms with Crippen molar-refractivity contribution in [3.8, 4) is 11.6 Å². The Kier molecular flexibility index (Phi) is 3.40. The molecule has 0 unspecified atom stereocenters. The number of carbonyl (C=O) groups is 1. The van der Waals surface area contributed by atoms with Crippen LogP contribution in [0, 0.1) is 0 Å². The quantitative estimate of drug-likeness (QED) is 0.780. The van der Waals surface area contributed by atoms with E-state index < -0.39 is 17.3 Å². The molecule has 0 atom stereocenters. The van der Waals surface area contributed by atoms with Crippen molar-refractivity contribution in [3.05, 3.63) is 11.8 Å². The molecule has 0 aliphatic rings. The van der Waals surface area contributed by atoms with E-state index in [0.717, 1.165) is 0 Å². The Morgan fingerprint density at radius 1 is 1.35 bits per heavy atom. The van der Waals surface area contributed by atoms with Crippen LogP contribution in [0.25, 0.3) is 0 Å². The number of hydrogen-bond donors (Lipinski definition) is 2. The molecule has 0 aliphatic heterocycles. The number of aromatic nitrogens is 1. The van der Waals surface area contributed by atoms with E-state index in [9.17, 15) is 15.0 Å². The summed E-state index contributed by atoms with van der Waals surface area (Å²) >= 11 is 0. The van der Waals surface area contributed by atoms with Gasteiger partial charge in [0, 0.05) is 12.2 Å². The molecule has 5 nitrogen and oxygen atoms in total. The van der Waals surface area contributed by atoms with Crippen molar-refractivity contribution in [3.63, 3.8) is 0 Å². The summed E-state index contributed by atoms with van der Waals surface area (Å²) in [6.07, 6.45) is 1.39. The molecule has 0 spiro atoms. The monoisotopic (exact) mass is 241 g/mol. The van der Waals surface area contributed by atoms with Crippen LogP contribution >= 0.6 is 0 Å². The smallest absolute Gasteiger partial charge is 0.344 e. The largest absolute Gasteiger partial charge is 0.503 e. The Hall–Kier alpha value is -1.65. The van der Waals surface area contributed by atoms with E-state index in [2.05, 4.69) is 0 Å². The van der Waals surface area contributed by atoms with Gasteiger partial charge in [-0.15, -0.1) is 0 Å². The van der Waals surface area contributed by atoms with Crippen LogP contribution in [0.4, 0.5) is 0 Å². The Labute approximate surface area is 101 Å². The van der Waals surface area contributed by atoms with Crippen LogP contribution in [-0.2, 0) is 4.74 Å². The maximum atomic E-state index is 11.8. The maximum Gasteiger partial charge on any atom is 0.344 e. The molecule has 1 heterocycles. The van der Waals surface area contributed by atoms with Crippen molar-refractivity contribution >= 4 is 5.97 Å². The molecule has 0 aliphatic carbocycles. The zero-order valence-electron chi connectivity index (χ0n) is 10.8. The molecule has 5 heteroatoms. The van der Waals surface area contributed by atoms with Gasteiger partial charge in [0.1, 0.15) is 11.2 Å². The van der Waals surface area contributed by atoms with Crippen molar-refractivity contribution in [1.29, 1.82) is 0 Å². The Morgan fingerprint density at radius 2 is 1.88 bits per heavy atom. The molecule has 2 N–H and O–H groups in total. The molecule has 0 radical (unpaired) electrons. The summed E-state index contributed by atoms with van der Waals surface area (Å²) in [5.41, 5.74) is -0.662. The molecule has 0 saturated heterocycles. The topological polar surface area (TPSA) is 71.7 Å². The molecule has 0 amide bonds. The number of rotatable bonds is 2. The molecule has 1 rings (SSSR count). The average molecular weight is 241 g/mol. The number of hydrogen-bond acceptors (Lipinski definition) is 4. The molecular formula is C12H19NO4. The first kappa shape index (κ1) is 13.4. The van der Waals surface area contributed by atoms with Crippen LogP contribution in [0.5, 0.6) is 11.6 Å². The number of ether oxygens (including phenoxy) is 1. The summed E-state index contributed by atoms with van der Waals surface area (Å²) in [4.78, 5) is 11.8. The molecule has 0 fully saturated rings. The van der Waals surface area contributed by atoms with E-state index in [4.69, 9.17) is 4.74 Å². The molecule has 1 aromatic rings. The van der Waals surface area contributed by atoms with Gasteiger partial charge < -0.3 is 19.5 Å². The fourth-order valence-electron chi connectivity index (χ4n) is 1.38. The lowest BCUT2D eigenvalue weighted by Crippen LogP contribution is -2.23. The first-order valence-corrected chi connectivity index (χ1v) is 5.49. The van der Waals surface area contributed by atoms with Gasteiger partial charge in [0.2, 0.25) is 5.88 Å². The van der Waals surface area contributed by atoms with Gasteiger partial charge >= 0.3 is 5.97 Å². The zero-order valence-corrected chi connectivity index (χ0v) is 10.8. The minimum absolute atomic E-state index is 0.0221. The summed E-state index contributed by atoms with van der Waals surface area (Å²) in [7, 11) is 0. The van der Waals surface area contributed by atoms with Gasteiger partial charge in [-0.25, -0.2) is 4.79 Å². The minimum atomic E-state index is -0.648. The third-order valence-electron chi connectivity index (χ3n) is 2.15. The number of esters is 1. The Bertz CT molecular complexity index is 426. The van der Waals surface area contributed by atoms with Gasteiger partial charge in [0.25, 0.3) is 0 Å². The number of nitrogens with zero attached hydrogens (tertiary/aromatic N) is 1. The van der Waals surface area contributed by atoms with Crippen LogP contribution < -0.4 is 0 Å². The van der Waals surface area contributed by atoms with Crippen LogP contribution in [0.15, 0.2) is 6.20 Å². The van der Waals surface area contributed by atoms with E-state index in [1.165, 1.54) is 10.8 Å². The van der Waals surface area contributed by atoms with Crippen molar-refractivity contribution in [2.75, 3.05) is 0 Å². The van der Waals surface area contributed by atoms with Gasteiger partial charge in [0.05, 0.1) is 0 Å². The maximum absolute atomic E-state index is 11.8. The molecular weight excluding hydrogens is 222 g/mol. The second kappa shape index (κ2) is 4.31. The van der Waals surface area contributed by atoms with Crippen molar-refractivity contribution < 1.29 is 19.7 Å². The number of aromatic hydroxyl groups is 2. The highest BCUT2D eigenvalue weighted by molar-refractivity contribution is 5.93. The van der Waals surface area contributed by atoms with Crippen LogP contribution in [-0.4, -0.2) is 26.4 Å². The first-order valence-electron chi connectivity index (χ1n) is 5.49. The Morgan fingerprint density at radius 3 is 2.24 bits per heavy atom. The normalized spacial score (nSPS) is 11.9. The lowest BCUT2D eigenvalue weighted by molar-refractivity contribution is 0.00667. The zero-order chi connectivity index (χ0) is 13.4. The second-order valence-electron chi connectivity index (χ2n) is 5.22. The third-order valence-corrected chi connectivity index (χ3v) is 2.15. The predicted octanol–water partition coefficient (Wildman–Crippen LogP) is 2.44. The van der Waals surface area contributed by atoms with Crippen LogP contribution in [0.2, 0.25) is 0 Å². The summed E-state index contributed by atoms with van der Waals surface area (Å²) in [6.45, 7) is 8.87. The number of carbonyl (C=O) groups excluding carboxylic acids is 1. The summed E-state index contributed by atoms with van der Waals surface area (Å²) in [5.74, 6) is -1.40. The standard InChI is InChI=1S/C12H19NO4/c1-7(2)13-6-8(9(14)10(13)15)11(16)17-12(3,4)5/h6-7,14-15H,1-5H3. The summed E-state index contributed by atoms with van der Waals surface area (Å²) in [6, 6.07) is -0.0583. The molecule has 1 aromatic heterocycles. The lowest BCUT2D eigenvalue weighted by Gasteiger charge is -2.18. The van der Waals surface area contributed by atoms with Crippen molar-refractivity contribution in [2.24, 2.45) is 0 Å². The second-order valence-corrected chi connectivity index (χ2v) is 5.22. The van der Waals surface area contributed by atoms with Gasteiger partial charge in [-0.05, 0) is 34.6 Å². The van der Waals surface area contributed by atoms with Crippen molar-refractivity contribution in [2.45, 2.75) is 46.3 Å². The highest BCUT2D eigenvalue weighted by atomic mass is 16.6. The van der Waals surface area contributed by atoms with Gasteiger partial charge in [-0.2, -0.15) is 0 Å². The fourth-order valence-corrected chi connectivity index (χ4v) is 1.38. The first-order chi connectivity index (χ1) is 7.63. The average Bonchev–Trinajstić information content (AvgIpc) is 2.41. The third kappa shape index (κ3) is 2.93. The fraction of sp³-hybridized carbons (Fsp3) is 0.583. The summed E-state index contributed by atoms with van der Waals surface area (Å²) < 4.78 is 6.54. The van der Waals surface area contributed by atoms with E-state index in [1.807, 2.05) is 13.8 Å². The molecule has 0 saturated carbocycles. The highest BCUT2D eigenvalue weighted by Gasteiger charge is 2.25. The van der Waals surface area contributed by atoms with Gasteiger partial charge in [-0.1, -0.05) is 0 Å². The summed E-state index contributed by atoms with van der Waals surface area (Å²) in [5, 5.41) is 19.3. The van der Waals surface area contributed by atoms with E-state index in [1.54, 1.807) is 20.8 Å². The van der Waals surface area contributed by atoms with Crippen LogP contribution in [0.1, 0.15) is 51.0 Å². The lowest BCUT2D eigenvalue weighted by atomic mass is 10.2. The van der Waals surface area contributed by atoms with Crippen LogP contribution in [0.3, 0.4) is 0 Å².